The van der Waals surface area contributed by atoms with Gasteiger partial charge in [0.1, 0.15) is 6.07 Å². The molecule has 0 radical (unpaired) electrons. The molecule has 0 saturated carbocycles. The van der Waals surface area contributed by atoms with E-state index in [1.165, 1.54) is 21.8 Å². The second-order valence-electron chi connectivity index (χ2n) is 12.0. The number of hydrogen-bond acceptors (Lipinski definition) is 2. The SMILES string of the molecule is N#Cc1cc(-c2ccc(-n3c4ccccc4c4ccccc43)cc2)ccc1-c1ccccc1-n1c2ccccc2c2cccc(C#N)c21. The van der Waals surface area contributed by atoms with E-state index in [1.54, 1.807) is 0 Å². The molecule has 0 spiro atoms. The molecule has 0 N–H and O–H groups in total. The van der Waals surface area contributed by atoms with Gasteiger partial charge in [-0.3, -0.25) is 0 Å². The number of para-hydroxylation sites is 5. The van der Waals surface area contributed by atoms with Gasteiger partial charge < -0.3 is 9.13 Å². The van der Waals surface area contributed by atoms with Crippen LogP contribution in [0.15, 0.2) is 158 Å². The molecule has 0 amide bonds. The first-order valence-corrected chi connectivity index (χ1v) is 15.9. The molecule has 9 aromatic rings. The Morgan fingerprint density at radius 1 is 0.396 bits per heavy atom. The Balaban J connectivity index is 1.16. The van der Waals surface area contributed by atoms with E-state index >= 15 is 0 Å². The number of aromatic nitrogens is 2. The summed E-state index contributed by atoms with van der Waals surface area (Å²) in [5.74, 6) is 0. The summed E-state index contributed by atoms with van der Waals surface area (Å²) in [5, 5.41) is 25.1. The third kappa shape index (κ3) is 4.07. The van der Waals surface area contributed by atoms with Crippen LogP contribution in [0.25, 0.3) is 77.2 Å². The van der Waals surface area contributed by atoms with Gasteiger partial charge in [0.25, 0.3) is 0 Å². The lowest BCUT2D eigenvalue weighted by atomic mass is 9.94. The molecule has 222 valence electrons. The molecule has 0 bridgehead atoms. The number of benzene rings is 7. The highest BCUT2D eigenvalue weighted by Gasteiger charge is 2.19. The van der Waals surface area contributed by atoms with Crippen molar-refractivity contribution in [3.05, 3.63) is 169 Å². The van der Waals surface area contributed by atoms with E-state index in [0.29, 0.717) is 11.1 Å². The van der Waals surface area contributed by atoms with Crippen molar-refractivity contribution >= 4 is 43.6 Å². The molecule has 0 fully saturated rings. The molecule has 0 aliphatic carbocycles. The minimum absolute atomic E-state index is 0.590. The van der Waals surface area contributed by atoms with E-state index in [0.717, 1.165) is 55.4 Å². The van der Waals surface area contributed by atoms with Crippen molar-refractivity contribution in [1.82, 2.24) is 9.13 Å². The van der Waals surface area contributed by atoms with Crippen molar-refractivity contribution in [2.24, 2.45) is 0 Å². The fourth-order valence-electron chi connectivity index (χ4n) is 7.31. The number of nitrogens with zero attached hydrogens (tertiary/aromatic N) is 4. The van der Waals surface area contributed by atoms with Gasteiger partial charge in [0.15, 0.2) is 0 Å². The van der Waals surface area contributed by atoms with Crippen LogP contribution in [-0.4, -0.2) is 9.13 Å². The molecule has 2 aromatic heterocycles. The van der Waals surface area contributed by atoms with Crippen molar-refractivity contribution in [2.75, 3.05) is 0 Å². The number of nitriles is 2. The summed E-state index contributed by atoms with van der Waals surface area (Å²) in [5.41, 5.74) is 11.2. The summed E-state index contributed by atoms with van der Waals surface area (Å²) >= 11 is 0. The topological polar surface area (TPSA) is 57.4 Å². The molecule has 0 saturated heterocycles. The van der Waals surface area contributed by atoms with Gasteiger partial charge in [-0.25, -0.2) is 0 Å². The predicted molar refractivity (Wildman–Crippen MR) is 195 cm³/mol. The highest BCUT2D eigenvalue weighted by molar-refractivity contribution is 6.12. The van der Waals surface area contributed by atoms with E-state index in [-0.39, 0.29) is 0 Å². The molecule has 0 atom stereocenters. The molecular weight excluding hydrogens is 585 g/mol. The van der Waals surface area contributed by atoms with Gasteiger partial charge in [-0.1, -0.05) is 109 Å². The summed E-state index contributed by atoms with van der Waals surface area (Å²) in [7, 11) is 0. The monoisotopic (exact) mass is 610 g/mol. The number of hydrogen-bond donors (Lipinski definition) is 0. The Hall–Kier alpha value is -6.88. The summed E-state index contributed by atoms with van der Waals surface area (Å²) < 4.78 is 4.47. The van der Waals surface area contributed by atoms with Crippen LogP contribution in [0.5, 0.6) is 0 Å². The van der Waals surface area contributed by atoms with Crippen LogP contribution in [0.3, 0.4) is 0 Å². The molecule has 9 rings (SSSR count). The zero-order valence-electron chi connectivity index (χ0n) is 25.8. The summed E-state index contributed by atoms with van der Waals surface area (Å²) in [6.07, 6.45) is 0. The molecule has 4 nitrogen and oxygen atoms in total. The van der Waals surface area contributed by atoms with Crippen LogP contribution >= 0.6 is 0 Å². The van der Waals surface area contributed by atoms with E-state index in [1.807, 2.05) is 48.5 Å². The number of fused-ring (bicyclic) bond motifs is 6. The Bertz CT molecular complexity index is 2750. The molecule has 7 aromatic carbocycles. The third-order valence-corrected chi connectivity index (χ3v) is 9.43. The quantitative estimate of drug-likeness (QED) is 0.199. The van der Waals surface area contributed by atoms with Crippen molar-refractivity contribution in [1.29, 1.82) is 10.5 Å². The Morgan fingerprint density at radius 2 is 0.938 bits per heavy atom. The van der Waals surface area contributed by atoms with Crippen LogP contribution in [0, 0.1) is 22.7 Å². The van der Waals surface area contributed by atoms with Gasteiger partial charge in [0.05, 0.1) is 45.0 Å². The molecule has 4 heteroatoms. The summed E-state index contributed by atoms with van der Waals surface area (Å²) in [6, 6.07) is 58.8. The molecule has 2 heterocycles. The second-order valence-corrected chi connectivity index (χ2v) is 12.0. The fraction of sp³-hybridized carbons (Fsp3) is 0. The van der Waals surface area contributed by atoms with Crippen molar-refractivity contribution in [2.45, 2.75) is 0 Å². The van der Waals surface area contributed by atoms with Gasteiger partial charge in [-0.15, -0.1) is 0 Å². The summed E-state index contributed by atoms with van der Waals surface area (Å²) in [4.78, 5) is 0. The maximum absolute atomic E-state index is 10.5. The van der Waals surface area contributed by atoms with Crippen molar-refractivity contribution in [3.63, 3.8) is 0 Å². The Labute approximate surface area is 277 Å². The zero-order valence-corrected chi connectivity index (χ0v) is 25.8. The lowest BCUT2D eigenvalue weighted by molar-refractivity contribution is 1.18. The van der Waals surface area contributed by atoms with Gasteiger partial charge in [0.2, 0.25) is 0 Å². The highest BCUT2D eigenvalue weighted by Crippen LogP contribution is 2.39. The van der Waals surface area contributed by atoms with Gasteiger partial charge in [-0.2, -0.15) is 10.5 Å². The molecule has 0 aliphatic heterocycles. The average molecular weight is 611 g/mol. The van der Waals surface area contributed by atoms with Crippen LogP contribution in [0.4, 0.5) is 0 Å². The maximum Gasteiger partial charge on any atom is 0.101 e. The smallest absolute Gasteiger partial charge is 0.101 e. The lowest BCUT2D eigenvalue weighted by Gasteiger charge is -2.16. The molecule has 0 aliphatic rings. The molecular formula is C44H26N4. The maximum atomic E-state index is 10.5. The van der Waals surface area contributed by atoms with Crippen molar-refractivity contribution < 1.29 is 0 Å². The fourth-order valence-corrected chi connectivity index (χ4v) is 7.31. The normalized spacial score (nSPS) is 11.3. The van der Waals surface area contributed by atoms with E-state index in [2.05, 4.69) is 130 Å². The van der Waals surface area contributed by atoms with Crippen LogP contribution < -0.4 is 0 Å². The summed E-state index contributed by atoms with van der Waals surface area (Å²) in [6.45, 7) is 0. The molecule has 48 heavy (non-hydrogen) atoms. The second kappa shape index (κ2) is 10.9. The number of rotatable bonds is 4. The van der Waals surface area contributed by atoms with Gasteiger partial charge in [0, 0.05) is 38.4 Å². The molecule has 0 unspecified atom stereocenters. The van der Waals surface area contributed by atoms with Gasteiger partial charge >= 0.3 is 0 Å². The first-order chi connectivity index (χ1) is 23.7. The first-order valence-electron chi connectivity index (χ1n) is 15.9. The standard InChI is InChI=1S/C44H26N4/c45-27-31-10-9-15-39-38-14-4-8-19-43(38)48(44(31)39)42-18-7-1-11-35(42)34-25-22-30(26-32(34)28-46)29-20-23-33(24-21-29)47-40-16-5-2-12-36(40)37-13-3-6-17-41(37)47/h1-26H. The first kappa shape index (κ1) is 27.4. The highest BCUT2D eigenvalue weighted by atomic mass is 15.0. The minimum atomic E-state index is 0.590. The van der Waals surface area contributed by atoms with Crippen molar-refractivity contribution in [3.8, 4) is 45.8 Å². The lowest BCUT2D eigenvalue weighted by Crippen LogP contribution is -1.99. The van der Waals surface area contributed by atoms with Crippen LogP contribution in [-0.2, 0) is 0 Å². The van der Waals surface area contributed by atoms with E-state index in [4.69, 9.17) is 0 Å². The third-order valence-electron chi connectivity index (χ3n) is 9.43. The van der Waals surface area contributed by atoms with Crippen LogP contribution in [0.1, 0.15) is 11.1 Å². The minimum Gasteiger partial charge on any atom is -0.309 e. The average Bonchev–Trinajstić information content (AvgIpc) is 3.68. The zero-order chi connectivity index (χ0) is 32.2. The van der Waals surface area contributed by atoms with Gasteiger partial charge in [-0.05, 0) is 59.7 Å². The Morgan fingerprint density at radius 3 is 1.60 bits per heavy atom. The Kier molecular flexibility index (Phi) is 6.22. The van der Waals surface area contributed by atoms with E-state index in [9.17, 15) is 10.5 Å². The van der Waals surface area contributed by atoms with E-state index < -0.39 is 0 Å². The largest absolute Gasteiger partial charge is 0.309 e. The predicted octanol–water partition coefficient (Wildman–Crippen LogP) is 11.0. The van der Waals surface area contributed by atoms with Crippen LogP contribution in [0.2, 0.25) is 0 Å².